The van der Waals surface area contributed by atoms with Gasteiger partial charge >= 0.3 is 0 Å². The second kappa shape index (κ2) is 3.73. The van der Waals surface area contributed by atoms with Crippen LogP contribution in [-0.4, -0.2) is 6.67 Å². The third-order valence-corrected chi connectivity index (χ3v) is 3.89. The van der Waals surface area contributed by atoms with Crippen molar-refractivity contribution in [1.29, 1.82) is 0 Å². The number of hydrogen-bond donors (Lipinski definition) is 2. The molecule has 1 rings (SSSR count). The number of allylic oxidation sites excluding steroid dienone is 2. The Labute approximate surface area is 94.5 Å². The Kier molecular flexibility index (Phi) is 3.09. The monoisotopic (exact) mass is 210 g/mol. The van der Waals surface area contributed by atoms with Crippen molar-refractivity contribution in [3.63, 3.8) is 0 Å². The first kappa shape index (κ1) is 12.4. The quantitative estimate of drug-likeness (QED) is 0.732. The summed E-state index contributed by atoms with van der Waals surface area (Å²) in [6, 6.07) is 0. The number of rotatable bonds is 2. The highest BCUT2D eigenvalue weighted by Crippen LogP contribution is 2.45. The molecule has 0 atom stereocenters. The van der Waals surface area contributed by atoms with Gasteiger partial charge in [0.05, 0.1) is 6.67 Å². The van der Waals surface area contributed by atoms with Crippen LogP contribution in [0.1, 0.15) is 48.5 Å². The minimum atomic E-state index is 0.177. The van der Waals surface area contributed by atoms with Crippen molar-refractivity contribution in [3.8, 4) is 0 Å². The number of nitrogens with one attached hydrogen (secondary N) is 2. The van der Waals surface area contributed by atoms with Crippen LogP contribution in [0, 0.1) is 16.7 Å². The molecule has 0 aromatic rings. The molecule has 88 valence electrons. The summed E-state index contributed by atoms with van der Waals surface area (Å²) in [6.45, 7) is 16.9. The Bertz CT molecular complexity index is 267. The summed E-state index contributed by atoms with van der Waals surface area (Å²) in [4.78, 5) is 0. The molecule has 0 aliphatic carbocycles. The molecule has 0 aromatic heterocycles. The fraction of sp³-hybridized carbons (Fsp3) is 0.846. The molecule has 0 aromatic carbocycles. The van der Waals surface area contributed by atoms with Gasteiger partial charge in [0.15, 0.2) is 0 Å². The second-order valence-electron chi connectivity index (χ2n) is 6.35. The van der Waals surface area contributed by atoms with Crippen LogP contribution in [0.2, 0.25) is 0 Å². The molecule has 2 N–H and O–H groups in total. The van der Waals surface area contributed by atoms with E-state index in [2.05, 4.69) is 59.1 Å². The largest absolute Gasteiger partial charge is 0.370 e. The van der Waals surface area contributed by atoms with E-state index in [1.165, 1.54) is 11.4 Å². The van der Waals surface area contributed by atoms with Gasteiger partial charge in [-0.1, -0.05) is 48.5 Å². The lowest BCUT2D eigenvalue weighted by Crippen LogP contribution is -2.36. The van der Waals surface area contributed by atoms with Crippen molar-refractivity contribution in [1.82, 2.24) is 10.6 Å². The molecule has 15 heavy (non-hydrogen) atoms. The average molecular weight is 210 g/mol. The standard InChI is InChI=1S/C13H26N2/c1-9(2)10-11(15-8-14-10)13(6,7)12(3,4)5/h9,14-15H,8H2,1-7H3. The summed E-state index contributed by atoms with van der Waals surface area (Å²) >= 11 is 0. The second-order valence-corrected chi connectivity index (χ2v) is 6.35. The zero-order valence-electron chi connectivity index (χ0n) is 11.3. The molecule has 0 spiro atoms. The van der Waals surface area contributed by atoms with E-state index in [4.69, 9.17) is 0 Å². The fourth-order valence-corrected chi connectivity index (χ4v) is 1.84. The van der Waals surface area contributed by atoms with Crippen LogP contribution in [0.3, 0.4) is 0 Å². The van der Waals surface area contributed by atoms with Crippen LogP contribution < -0.4 is 10.6 Å². The Morgan fingerprint density at radius 3 is 1.93 bits per heavy atom. The van der Waals surface area contributed by atoms with Gasteiger partial charge in [0.2, 0.25) is 0 Å². The Balaban J connectivity index is 3.11. The average Bonchev–Trinajstić information content (AvgIpc) is 2.48. The van der Waals surface area contributed by atoms with Gasteiger partial charge in [-0.3, -0.25) is 0 Å². The smallest absolute Gasteiger partial charge is 0.0845 e. The van der Waals surface area contributed by atoms with E-state index < -0.39 is 0 Å². The van der Waals surface area contributed by atoms with Crippen LogP contribution >= 0.6 is 0 Å². The first-order chi connectivity index (χ1) is 6.68. The van der Waals surface area contributed by atoms with Gasteiger partial charge < -0.3 is 10.6 Å². The molecule has 0 saturated heterocycles. The lowest BCUT2D eigenvalue weighted by atomic mass is 9.66. The maximum Gasteiger partial charge on any atom is 0.0845 e. The van der Waals surface area contributed by atoms with Crippen molar-refractivity contribution in [2.24, 2.45) is 16.7 Å². The van der Waals surface area contributed by atoms with Crippen molar-refractivity contribution >= 4 is 0 Å². The molecule has 1 aliphatic rings. The van der Waals surface area contributed by atoms with Crippen LogP contribution in [-0.2, 0) is 0 Å². The van der Waals surface area contributed by atoms with E-state index in [-0.39, 0.29) is 10.8 Å². The first-order valence-corrected chi connectivity index (χ1v) is 5.90. The molecule has 0 bridgehead atoms. The Morgan fingerprint density at radius 1 is 1.00 bits per heavy atom. The highest BCUT2D eigenvalue weighted by molar-refractivity contribution is 5.25. The summed E-state index contributed by atoms with van der Waals surface area (Å²) < 4.78 is 0. The Hall–Kier alpha value is -0.660. The zero-order chi connectivity index (χ0) is 11.9. The summed E-state index contributed by atoms with van der Waals surface area (Å²) in [5.41, 5.74) is 3.22. The minimum absolute atomic E-state index is 0.177. The van der Waals surface area contributed by atoms with Gasteiger partial charge in [-0.25, -0.2) is 0 Å². The molecule has 0 unspecified atom stereocenters. The molecule has 2 nitrogen and oxygen atoms in total. The van der Waals surface area contributed by atoms with Crippen LogP contribution in [0.15, 0.2) is 11.4 Å². The molecular weight excluding hydrogens is 184 g/mol. The predicted octanol–water partition coefficient (Wildman–Crippen LogP) is 3.08. The number of hydrogen-bond acceptors (Lipinski definition) is 2. The van der Waals surface area contributed by atoms with Gasteiger partial charge in [0, 0.05) is 16.8 Å². The van der Waals surface area contributed by atoms with E-state index in [1.807, 2.05) is 0 Å². The summed E-state index contributed by atoms with van der Waals surface area (Å²) in [5, 5.41) is 6.96. The third-order valence-electron chi connectivity index (χ3n) is 3.89. The normalized spacial score (nSPS) is 18.1. The highest BCUT2D eigenvalue weighted by Gasteiger charge is 2.39. The van der Waals surface area contributed by atoms with E-state index >= 15 is 0 Å². The molecule has 0 radical (unpaired) electrons. The van der Waals surface area contributed by atoms with E-state index in [9.17, 15) is 0 Å². The van der Waals surface area contributed by atoms with Gasteiger partial charge in [0.25, 0.3) is 0 Å². The fourth-order valence-electron chi connectivity index (χ4n) is 1.84. The van der Waals surface area contributed by atoms with Gasteiger partial charge in [-0.05, 0) is 11.3 Å². The maximum atomic E-state index is 3.50. The predicted molar refractivity (Wildman–Crippen MR) is 66.2 cm³/mol. The van der Waals surface area contributed by atoms with Gasteiger partial charge in [-0.2, -0.15) is 0 Å². The van der Waals surface area contributed by atoms with Crippen molar-refractivity contribution in [3.05, 3.63) is 11.4 Å². The van der Waals surface area contributed by atoms with E-state index in [1.54, 1.807) is 0 Å². The van der Waals surface area contributed by atoms with Crippen LogP contribution in [0.4, 0.5) is 0 Å². The zero-order valence-corrected chi connectivity index (χ0v) is 11.3. The molecule has 1 aliphatic heterocycles. The van der Waals surface area contributed by atoms with Gasteiger partial charge in [-0.15, -0.1) is 0 Å². The summed E-state index contributed by atoms with van der Waals surface area (Å²) in [5.74, 6) is 0.566. The maximum absolute atomic E-state index is 3.50. The highest BCUT2D eigenvalue weighted by atomic mass is 15.2. The molecule has 0 saturated carbocycles. The SMILES string of the molecule is CC(C)C1=C(C(C)(C)C(C)(C)C)NCN1. The molecule has 0 fully saturated rings. The van der Waals surface area contributed by atoms with Gasteiger partial charge in [0.1, 0.15) is 0 Å². The van der Waals surface area contributed by atoms with Crippen molar-refractivity contribution in [2.75, 3.05) is 6.67 Å². The molecule has 0 amide bonds. The lowest BCUT2D eigenvalue weighted by Gasteiger charge is -2.40. The van der Waals surface area contributed by atoms with Crippen LogP contribution in [0.5, 0.6) is 0 Å². The topological polar surface area (TPSA) is 24.1 Å². The lowest BCUT2D eigenvalue weighted by molar-refractivity contribution is 0.168. The summed E-state index contributed by atoms with van der Waals surface area (Å²) in [7, 11) is 0. The Morgan fingerprint density at radius 2 is 1.53 bits per heavy atom. The van der Waals surface area contributed by atoms with Crippen LogP contribution in [0.25, 0.3) is 0 Å². The molecule has 2 heteroatoms. The molecular formula is C13H26N2. The minimum Gasteiger partial charge on any atom is -0.370 e. The van der Waals surface area contributed by atoms with Crippen molar-refractivity contribution in [2.45, 2.75) is 48.5 Å². The van der Waals surface area contributed by atoms with Crippen molar-refractivity contribution < 1.29 is 0 Å². The third kappa shape index (κ3) is 2.14. The molecule has 1 heterocycles. The first-order valence-electron chi connectivity index (χ1n) is 5.90. The summed E-state index contributed by atoms with van der Waals surface area (Å²) in [6.07, 6.45) is 0. The van der Waals surface area contributed by atoms with E-state index in [0.717, 1.165) is 6.67 Å². The van der Waals surface area contributed by atoms with E-state index in [0.29, 0.717) is 5.92 Å².